The molecule has 0 bridgehead atoms. The summed E-state index contributed by atoms with van der Waals surface area (Å²) < 4.78 is 0. The van der Waals surface area contributed by atoms with Crippen LogP contribution in [0.25, 0.3) is 6.08 Å². The van der Waals surface area contributed by atoms with Crippen LogP contribution in [-0.4, -0.2) is 16.9 Å². The zero-order chi connectivity index (χ0) is 16.7. The SMILES string of the molecule is Cc1ccc(Cl)cc1NC(=O)C(C)SC/C=C/c1ccccc1. The Morgan fingerprint density at radius 2 is 2.00 bits per heavy atom. The topological polar surface area (TPSA) is 29.1 Å². The molecule has 120 valence electrons. The Morgan fingerprint density at radius 1 is 1.26 bits per heavy atom. The Balaban J connectivity index is 1.83. The van der Waals surface area contributed by atoms with Crippen molar-refractivity contribution in [1.29, 1.82) is 0 Å². The molecule has 0 aliphatic heterocycles. The zero-order valence-electron chi connectivity index (χ0n) is 13.3. The van der Waals surface area contributed by atoms with E-state index in [1.807, 2.05) is 44.2 Å². The summed E-state index contributed by atoms with van der Waals surface area (Å²) in [4.78, 5) is 12.2. The van der Waals surface area contributed by atoms with Gasteiger partial charge in [0.2, 0.25) is 5.91 Å². The van der Waals surface area contributed by atoms with Crippen LogP contribution in [0.2, 0.25) is 5.02 Å². The van der Waals surface area contributed by atoms with Gasteiger partial charge in [0.05, 0.1) is 5.25 Å². The van der Waals surface area contributed by atoms with E-state index in [1.165, 1.54) is 5.56 Å². The summed E-state index contributed by atoms with van der Waals surface area (Å²) >= 11 is 7.58. The highest BCUT2D eigenvalue weighted by atomic mass is 35.5. The fourth-order valence-corrected chi connectivity index (χ4v) is 2.87. The van der Waals surface area contributed by atoms with E-state index in [0.717, 1.165) is 17.0 Å². The third-order valence-corrected chi connectivity index (χ3v) is 4.71. The Kier molecular flexibility index (Phi) is 6.75. The number of amides is 1. The highest BCUT2D eigenvalue weighted by Crippen LogP contribution is 2.21. The highest BCUT2D eigenvalue weighted by molar-refractivity contribution is 8.00. The highest BCUT2D eigenvalue weighted by Gasteiger charge is 2.13. The minimum absolute atomic E-state index is 0.00604. The van der Waals surface area contributed by atoms with Gasteiger partial charge in [0.25, 0.3) is 0 Å². The van der Waals surface area contributed by atoms with Gasteiger partial charge in [0, 0.05) is 16.5 Å². The van der Waals surface area contributed by atoms with Gasteiger partial charge in [0.1, 0.15) is 0 Å². The molecule has 2 rings (SSSR count). The quantitative estimate of drug-likeness (QED) is 0.757. The van der Waals surface area contributed by atoms with E-state index in [9.17, 15) is 4.79 Å². The van der Waals surface area contributed by atoms with Crippen molar-refractivity contribution < 1.29 is 4.79 Å². The lowest BCUT2D eigenvalue weighted by Gasteiger charge is -2.13. The number of hydrogen-bond acceptors (Lipinski definition) is 2. The molecule has 1 unspecified atom stereocenters. The minimum atomic E-state index is -0.131. The first kappa shape index (κ1) is 17.6. The summed E-state index contributed by atoms with van der Waals surface area (Å²) in [6.07, 6.45) is 4.15. The van der Waals surface area contributed by atoms with Gasteiger partial charge in [0.15, 0.2) is 0 Å². The zero-order valence-corrected chi connectivity index (χ0v) is 14.8. The molecule has 2 nitrogen and oxygen atoms in total. The van der Waals surface area contributed by atoms with E-state index in [0.29, 0.717) is 5.02 Å². The van der Waals surface area contributed by atoms with Gasteiger partial charge in [-0.15, -0.1) is 11.8 Å². The molecule has 2 aromatic carbocycles. The predicted molar refractivity (Wildman–Crippen MR) is 102 cm³/mol. The number of nitrogens with one attached hydrogen (secondary N) is 1. The molecule has 0 heterocycles. The molecule has 4 heteroatoms. The van der Waals surface area contributed by atoms with Crippen LogP contribution in [0.5, 0.6) is 0 Å². The van der Waals surface area contributed by atoms with E-state index in [1.54, 1.807) is 17.8 Å². The molecule has 0 radical (unpaired) electrons. The molecule has 1 atom stereocenters. The van der Waals surface area contributed by atoms with E-state index in [2.05, 4.69) is 29.6 Å². The van der Waals surface area contributed by atoms with Crippen molar-refractivity contribution in [2.45, 2.75) is 19.1 Å². The lowest BCUT2D eigenvalue weighted by atomic mass is 10.2. The van der Waals surface area contributed by atoms with Gasteiger partial charge in [-0.2, -0.15) is 0 Å². The van der Waals surface area contributed by atoms with Crippen LogP contribution in [-0.2, 0) is 4.79 Å². The summed E-state index contributed by atoms with van der Waals surface area (Å²) in [5, 5.41) is 3.43. The molecule has 1 N–H and O–H groups in total. The maximum atomic E-state index is 12.2. The van der Waals surface area contributed by atoms with Gasteiger partial charge in [-0.25, -0.2) is 0 Å². The lowest BCUT2D eigenvalue weighted by molar-refractivity contribution is -0.115. The smallest absolute Gasteiger partial charge is 0.237 e. The van der Waals surface area contributed by atoms with Gasteiger partial charge in [-0.05, 0) is 37.1 Å². The normalized spacial score (nSPS) is 12.3. The van der Waals surface area contributed by atoms with E-state index < -0.39 is 0 Å². The van der Waals surface area contributed by atoms with Crippen molar-refractivity contribution in [2.24, 2.45) is 0 Å². The van der Waals surface area contributed by atoms with Crippen molar-refractivity contribution >= 4 is 41.0 Å². The van der Waals surface area contributed by atoms with Crippen molar-refractivity contribution in [3.05, 3.63) is 70.8 Å². The van der Waals surface area contributed by atoms with Crippen LogP contribution in [0.15, 0.2) is 54.6 Å². The maximum absolute atomic E-state index is 12.2. The number of carbonyl (C=O) groups excluding carboxylic acids is 1. The van der Waals surface area contributed by atoms with Crippen molar-refractivity contribution in [3.63, 3.8) is 0 Å². The van der Waals surface area contributed by atoms with Crippen LogP contribution in [0.3, 0.4) is 0 Å². The summed E-state index contributed by atoms with van der Waals surface area (Å²) in [6.45, 7) is 3.86. The van der Waals surface area contributed by atoms with Crippen LogP contribution < -0.4 is 5.32 Å². The molecule has 23 heavy (non-hydrogen) atoms. The van der Waals surface area contributed by atoms with Gasteiger partial charge >= 0.3 is 0 Å². The van der Waals surface area contributed by atoms with Gasteiger partial charge in [-0.3, -0.25) is 4.79 Å². The molecular weight excluding hydrogens is 326 g/mol. The Labute approximate surface area is 146 Å². The number of anilines is 1. The van der Waals surface area contributed by atoms with Crippen molar-refractivity contribution in [1.82, 2.24) is 0 Å². The van der Waals surface area contributed by atoms with Crippen LogP contribution in [0.1, 0.15) is 18.1 Å². The van der Waals surface area contributed by atoms with E-state index in [4.69, 9.17) is 11.6 Å². The molecule has 2 aromatic rings. The second kappa shape index (κ2) is 8.80. The fraction of sp³-hybridized carbons (Fsp3) is 0.211. The summed E-state index contributed by atoms with van der Waals surface area (Å²) in [6, 6.07) is 15.6. The third kappa shape index (κ3) is 5.77. The number of hydrogen-bond donors (Lipinski definition) is 1. The first-order valence-corrected chi connectivity index (χ1v) is 8.89. The van der Waals surface area contributed by atoms with Crippen LogP contribution in [0.4, 0.5) is 5.69 Å². The molecule has 0 aromatic heterocycles. The van der Waals surface area contributed by atoms with Crippen molar-refractivity contribution in [2.75, 3.05) is 11.1 Å². The predicted octanol–water partition coefficient (Wildman–Crippen LogP) is 5.42. The molecule has 0 saturated carbocycles. The molecule has 0 spiro atoms. The lowest BCUT2D eigenvalue weighted by Crippen LogP contribution is -2.23. The van der Waals surface area contributed by atoms with Crippen LogP contribution in [0, 0.1) is 6.92 Å². The van der Waals surface area contributed by atoms with Crippen LogP contribution >= 0.6 is 23.4 Å². The van der Waals surface area contributed by atoms with Gasteiger partial charge < -0.3 is 5.32 Å². The Hall–Kier alpha value is -1.71. The second-order valence-corrected chi connectivity index (χ2v) is 7.05. The monoisotopic (exact) mass is 345 g/mol. The molecule has 0 aliphatic rings. The van der Waals surface area contributed by atoms with E-state index >= 15 is 0 Å². The Morgan fingerprint density at radius 3 is 2.74 bits per heavy atom. The Bertz CT molecular complexity index is 685. The second-order valence-electron chi connectivity index (χ2n) is 5.24. The summed E-state index contributed by atoms with van der Waals surface area (Å²) in [5.74, 6) is 0.784. The van der Waals surface area contributed by atoms with E-state index in [-0.39, 0.29) is 11.2 Å². The standard InChI is InChI=1S/C19H20ClNOS/c1-14-10-11-17(20)13-18(14)21-19(22)15(2)23-12-6-9-16-7-4-3-5-8-16/h3-11,13,15H,12H2,1-2H3,(H,21,22)/b9-6+. The average Bonchev–Trinajstić information content (AvgIpc) is 2.55. The largest absolute Gasteiger partial charge is 0.325 e. The molecular formula is C19H20ClNOS. The number of rotatable bonds is 6. The average molecular weight is 346 g/mol. The fourth-order valence-electron chi connectivity index (χ4n) is 1.99. The molecule has 0 fully saturated rings. The minimum Gasteiger partial charge on any atom is -0.325 e. The first-order valence-electron chi connectivity index (χ1n) is 7.46. The first-order chi connectivity index (χ1) is 11.1. The molecule has 1 amide bonds. The third-order valence-electron chi connectivity index (χ3n) is 3.38. The molecule has 0 aliphatic carbocycles. The number of benzene rings is 2. The number of thioether (sulfide) groups is 1. The number of aryl methyl sites for hydroxylation is 1. The number of halogens is 1. The molecule has 0 saturated heterocycles. The van der Waals surface area contributed by atoms with Crippen molar-refractivity contribution in [3.8, 4) is 0 Å². The van der Waals surface area contributed by atoms with Gasteiger partial charge in [-0.1, -0.05) is 60.2 Å². The summed E-state index contributed by atoms with van der Waals surface area (Å²) in [7, 11) is 0. The summed E-state index contributed by atoms with van der Waals surface area (Å²) in [5.41, 5.74) is 2.94. The number of carbonyl (C=O) groups is 1. The maximum Gasteiger partial charge on any atom is 0.237 e.